The van der Waals surface area contributed by atoms with Gasteiger partial charge in [-0.1, -0.05) is 6.07 Å². The largest absolute Gasteiger partial charge is 0.448 e. The molecule has 5 heteroatoms. The molecule has 1 aromatic rings. The molecule has 0 spiro atoms. The van der Waals surface area contributed by atoms with E-state index in [9.17, 15) is 0 Å². The average Bonchev–Trinajstić information content (AvgIpc) is 2.82. The van der Waals surface area contributed by atoms with Gasteiger partial charge in [-0.15, -0.1) is 0 Å². The molecule has 1 aromatic carbocycles. The first-order valence-corrected chi connectivity index (χ1v) is 5.91. The Labute approximate surface area is 99.9 Å². The van der Waals surface area contributed by atoms with Gasteiger partial charge in [0.25, 0.3) is 6.29 Å². The summed E-state index contributed by atoms with van der Waals surface area (Å²) in [4.78, 5) is 2.28. The molecule has 92 valence electrons. The van der Waals surface area contributed by atoms with E-state index < -0.39 is 6.29 Å². The van der Waals surface area contributed by atoms with E-state index in [0.717, 1.165) is 43.4 Å². The van der Waals surface area contributed by atoms with Crippen molar-refractivity contribution >= 4 is 5.69 Å². The van der Waals surface area contributed by atoms with E-state index in [1.165, 1.54) is 0 Å². The van der Waals surface area contributed by atoms with Crippen molar-refractivity contribution in [2.45, 2.75) is 6.29 Å². The Morgan fingerprint density at radius 2 is 2.12 bits per heavy atom. The van der Waals surface area contributed by atoms with Crippen LogP contribution in [0.2, 0.25) is 0 Å². The molecule has 0 aliphatic carbocycles. The third-order valence-corrected chi connectivity index (χ3v) is 3.07. The molecule has 1 unspecified atom stereocenters. The third kappa shape index (κ3) is 1.92. The molecule has 1 atom stereocenters. The number of rotatable bonds is 2. The molecule has 0 amide bonds. The van der Waals surface area contributed by atoms with Gasteiger partial charge >= 0.3 is 0 Å². The SMILES string of the molecule is OCC1Oc2cccc(N3CCNCC3)c2O1. The number of piperazine rings is 1. The number of aliphatic hydroxyl groups is 1. The molecule has 17 heavy (non-hydrogen) atoms. The molecule has 2 heterocycles. The number of nitrogens with one attached hydrogen (secondary N) is 1. The molecule has 3 rings (SSSR count). The zero-order chi connectivity index (χ0) is 11.7. The van der Waals surface area contributed by atoms with Gasteiger partial charge in [0.1, 0.15) is 6.61 Å². The lowest BCUT2D eigenvalue weighted by molar-refractivity contribution is -0.000638. The summed E-state index contributed by atoms with van der Waals surface area (Å²) in [6.45, 7) is 3.75. The number of nitrogens with zero attached hydrogens (tertiary/aromatic N) is 1. The quantitative estimate of drug-likeness (QED) is 0.767. The van der Waals surface area contributed by atoms with Gasteiger partial charge < -0.3 is 24.8 Å². The van der Waals surface area contributed by atoms with Gasteiger partial charge in [-0.3, -0.25) is 0 Å². The Hall–Kier alpha value is -1.46. The molecule has 1 saturated heterocycles. The number of ether oxygens (including phenoxy) is 2. The molecule has 5 nitrogen and oxygen atoms in total. The maximum absolute atomic E-state index is 9.07. The normalized spacial score (nSPS) is 22.9. The summed E-state index contributed by atoms with van der Waals surface area (Å²) >= 11 is 0. The summed E-state index contributed by atoms with van der Waals surface area (Å²) in [5.74, 6) is 1.48. The van der Waals surface area contributed by atoms with Gasteiger partial charge in [-0.2, -0.15) is 0 Å². The summed E-state index contributed by atoms with van der Waals surface area (Å²) in [7, 11) is 0. The highest BCUT2D eigenvalue weighted by atomic mass is 16.7. The lowest BCUT2D eigenvalue weighted by Gasteiger charge is -2.30. The number of benzene rings is 1. The molecule has 0 bridgehead atoms. The van der Waals surface area contributed by atoms with Crippen molar-refractivity contribution in [3.8, 4) is 11.5 Å². The minimum atomic E-state index is -0.561. The van der Waals surface area contributed by atoms with Crippen LogP contribution in [-0.2, 0) is 0 Å². The molecule has 1 fully saturated rings. The lowest BCUT2D eigenvalue weighted by Crippen LogP contribution is -2.43. The van der Waals surface area contributed by atoms with E-state index in [0.29, 0.717) is 0 Å². The minimum Gasteiger partial charge on any atom is -0.448 e. The molecule has 2 N–H and O–H groups in total. The van der Waals surface area contributed by atoms with Crippen LogP contribution in [0.4, 0.5) is 5.69 Å². The number of hydrogen-bond donors (Lipinski definition) is 2. The fourth-order valence-corrected chi connectivity index (χ4v) is 2.24. The molecule has 0 aromatic heterocycles. The van der Waals surface area contributed by atoms with E-state index >= 15 is 0 Å². The Morgan fingerprint density at radius 3 is 2.88 bits per heavy atom. The highest BCUT2D eigenvalue weighted by Gasteiger charge is 2.28. The van der Waals surface area contributed by atoms with Gasteiger partial charge in [0.15, 0.2) is 11.5 Å². The summed E-state index contributed by atoms with van der Waals surface area (Å²) in [5, 5.41) is 12.4. The smallest absolute Gasteiger partial charge is 0.264 e. The fraction of sp³-hybridized carbons (Fsp3) is 0.500. The predicted molar refractivity (Wildman–Crippen MR) is 63.7 cm³/mol. The Bertz CT molecular complexity index is 405. The molecular formula is C12H16N2O3. The number of anilines is 1. The van der Waals surface area contributed by atoms with E-state index in [4.69, 9.17) is 14.6 Å². The van der Waals surface area contributed by atoms with E-state index in [2.05, 4.69) is 10.2 Å². The van der Waals surface area contributed by atoms with Gasteiger partial charge in [0.05, 0.1) is 5.69 Å². The van der Waals surface area contributed by atoms with Crippen LogP contribution in [0.15, 0.2) is 18.2 Å². The highest BCUT2D eigenvalue weighted by Crippen LogP contribution is 2.42. The molecule has 0 radical (unpaired) electrons. The standard InChI is InChI=1S/C12H16N2O3/c15-8-11-16-10-3-1-2-9(12(10)17-11)14-6-4-13-5-7-14/h1-3,11,13,15H,4-8H2. The van der Waals surface area contributed by atoms with Crippen molar-refractivity contribution in [1.82, 2.24) is 5.32 Å². The first-order chi connectivity index (χ1) is 8.38. The zero-order valence-electron chi connectivity index (χ0n) is 9.56. The van der Waals surface area contributed by atoms with E-state index in [-0.39, 0.29) is 6.61 Å². The second-order valence-electron chi connectivity index (χ2n) is 4.19. The second kappa shape index (κ2) is 4.43. The van der Waals surface area contributed by atoms with E-state index in [1.54, 1.807) is 0 Å². The minimum absolute atomic E-state index is 0.129. The summed E-state index contributed by atoms with van der Waals surface area (Å²) in [5.41, 5.74) is 1.06. The summed E-state index contributed by atoms with van der Waals surface area (Å²) in [6, 6.07) is 5.86. The molecule has 2 aliphatic rings. The summed E-state index contributed by atoms with van der Waals surface area (Å²) < 4.78 is 11.1. The van der Waals surface area contributed by atoms with Crippen molar-refractivity contribution in [2.75, 3.05) is 37.7 Å². The van der Waals surface area contributed by atoms with Gasteiger partial charge in [0.2, 0.25) is 0 Å². The first kappa shape index (κ1) is 10.7. The van der Waals surface area contributed by atoms with Crippen LogP contribution >= 0.6 is 0 Å². The maximum Gasteiger partial charge on any atom is 0.264 e. The third-order valence-electron chi connectivity index (χ3n) is 3.07. The monoisotopic (exact) mass is 236 g/mol. The first-order valence-electron chi connectivity index (χ1n) is 5.91. The van der Waals surface area contributed by atoms with Gasteiger partial charge in [-0.05, 0) is 12.1 Å². The number of fused-ring (bicyclic) bond motifs is 1. The number of hydrogen-bond acceptors (Lipinski definition) is 5. The van der Waals surface area contributed by atoms with Crippen molar-refractivity contribution in [1.29, 1.82) is 0 Å². The van der Waals surface area contributed by atoms with E-state index in [1.807, 2.05) is 18.2 Å². The predicted octanol–water partition coefficient (Wildman–Crippen LogP) is 0.186. The Kier molecular flexibility index (Phi) is 2.78. The van der Waals surface area contributed by atoms with Crippen LogP contribution in [0.25, 0.3) is 0 Å². The van der Waals surface area contributed by atoms with Crippen LogP contribution in [0.3, 0.4) is 0 Å². The molecule has 0 saturated carbocycles. The van der Waals surface area contributed by atoms with Crippen molar-refractivity contribution in [2.24, 2.45) is 0 Å². The van der Waals surface area contributed by atoms with Crippen LogP contribution in [0.1, 0.15) is 0 Å². The van der Waals surface area contributed by atoms with Gasteiger partial charge in [0, 0.05) is 26.2 Å². The molecule has 2 aliphatic heterocycles. The summed E-state index contributed by atoms with van der Waals surface area (Å²) in [6.07, 6.45) is -0.561. The van der Waals surface area contributed by atoms with Crippen molar-refractivity contribution < 1.29 is 14.6 Å². The van der Waals surface area contributed by atoms with Crippen LogP contribution in [0.5, 0.6) is 11.5 Å². The van der Waals surface area contributed by atoms with Crippen molar-refractivity contribution in [3.05, 3.63) is 18.2 Å². The van der Waals surface area contributed by atoms with Crippen LogP contribution < -0.4 is 19.7 Å². The maximum atomic E-state index is 9.07. The fourth-order valence-electron chi connectivity index (χ4n) is 2.24. The van der Waals surface area contributed by atoms with Crippen molar-refractivity contribution in [3.63, 3.8) is 0 Å². The topological polar surface area (TPSA) is 54.0 Å². The Morgan fingerprint density at radius 1 is 1.29 bits per heavy atom. The number of para-hydroxylation sites is 1. The average molecular weight is 236 g/mol. The molecular weight excluding hydrogens is 220 g/mol. The Balaban J connectivity index is 1.88. The number of aliphatic hydroxyl groups excluding tert-OH is 1. The van der Waals surface area contributed by atoms with Gasteiger partial charge in [-0.25, -0.2) is 0 Å². The second-order valence-corrected chi connectivity index (χ2v) is 4.19. The lowest BCUT2D eigenvalue weighted by atomic mass is 10.2. The van der Waals surface area contributed by atoms with Crippen LogP contribution in [0, 0.1) is 0 Å². The highest BCUT2D eigenvalue weighted by molar-refractivity contribution is 5.66. The zero-order valence-corrected chi connectivity index (χ0v) is 9.56. The van der Waals surface area contributed by atoms with Crippen LogP contribution in [-0.4, -0.2) is 44.2 Å².